The number of sulfonamides is 2. The summed E-state index contributed by atoms with van der Waals surface area (Å²) < 4.78 is 114. The second-order valence-corrected chi connectivity index (χ2v) is 13.4. The van der Waals surface area contributed by atoms with E-state index in [0.29, 0.717) is 0 Å². The first kappa shape index (κ1) is 43.8. The van der Waals surface area contributed by atoms with Crippen LogP contribution in [0.25, 0.3) is 0 Å². The summed E-state index contributed by atoms with van der Waals surface area (Å²) in [6.45, 7) is -0.187. The first-order chi connectivity index (χ1) is 26.2. The summed E-state index contributed by atoms with van der Waals surface area (Å²) in [4.78, 5) is 59.4. The van der Waals surface area contributed by atoms with Crippen LogP contribution in [-0.4, -0.2) is 113 Å². The van der Waals surface area contributed by atoms with Crippen molar-refractivity contribution >= 4 is 50.0 Å². The van der Waals surface area contributed by atoms with Crippen LogP contribution < -0.4 is 38.6 Å². The van der Waals surface area contributed by atoms with E-state index in [9.17, 15) is 44.4 Å². The van der Waals surface area contributed by atoms with E-state index in [-0.39, 0.29) is 41.1 Å². The van der Waals surface area contributed by atoms with E-state index >= 15 is 0 Å². The second kappa shape index (κ2) is 18.6. The molecule has 0 saturated heterocycles. The summed E-state index contributed by atoms with van der Waals surface area (Å²) in [5.74, 6) is -1.71. The fourth-order valence-electron chi connectivity index (χ4n) is 3.81. The van der Waals surface area contributed by atoms with E-state index in [1.165, 1.54) is 64.8 Å². The van der Waals surface area contributed by atoms with Crippen molar-refractivity contribution in [2.45, 2.75) is 23.0 Å². The van der Waals surface area contributed by atoms with Gasteiger partial charge in [0.05, 0.1) is 40.1 Å². The molecule has 4 amide bonds. The molecule has 0 aliphatic rings. The average molecular weight is 833 g/mol. The minimum atomic E-state index is -4.70. The summed E-state index contributed by atoms with van der Waals surface area (Å²) in [6.07, 6.45) is -3.70. The smallest absolute Gasteiger partial charge is 0.422 e. The van der Waals surface area contributed by atoms with Gasteiger partial charge in [0.25, 0.3) is 20.0 Å². The number of hydrogen-bond donors (Lipinski definition) is 3. The molecule has 3 N–H and O–H groups in total. The Hall–Kier alpha value is -6.64. The number of anilines is 2. The van der Waals surface area contributed by atoms with E-state index in [1.807, 2.05) is 10.0 Å². The molecular weight excluding hydrogens is 802 g/mol. The molecule has 3 aromatic heterocycles. The lowest BCUT2D eigenvalue weighted by Gasteiger charge is -2.17. The van der Waals surface area contributed by atoms with Crippen molar-refractivity contribution in [2.24, 2.45) is 0 Å². The number of ether oxygens (including phenoxy) is 5. The maximum absolute atomic E-state index is 12.6. The maximum Gasteiger partial charge on any atom is 0.422 e. The van der Waals surface area contributed by atoms with Crippen LogP contribution in [0, 0.1) is 6.92 Å². The fraction of sp³-hybridized carbons (Fsp3) is 0.276. The van der Waals surface area contributed by atoms with Crippen molar-refractivity contribution in [1.82, 2.24) is 39.3 Å². The number of carbonyl (C=O) groups is 3. The number of carbonyl (C=O) groups excluding carboxylic acids is 3. The Morgan fingerprint density at radius 1 is 0.821 bits per heavy atom. The first-order valence-corrected chi connectivity index (χ1v) is 17.9. The van der Waals surface area contributed by atoms with Crippen molar-refractivity contribution in [2.75, 3.05) is 52.3 Å². The maximum atomic E-state index is 12.6. The van der Waals surface area contributed by atoms with Gasteiger partial charge >= 0.3 is 30.2 Å². The number of benzene rings is 1. The number of urea groups is 2. The van der Waals surface area contributed by atoms with Crippen LogP contribution in [0.1, 0.15) is 16.2 Å². The number of nitrogens with zero attached hydrogens (tertiary/aromatic N) is 7. The molecule has 0 unspecified atom stereocenters. The number of methoxy groups -OCH3 is 4. The molecule has 1 aromatic carbocycles. The normalized spacial score (nSPS) is 11.2. The molecule has 0 fully saturated rings. The summed E-state index contributed by atoms with van der Waals surface area (Å²) in [6, 6.07) is 6.38. The lowest BCUT2D eigenvalue weighted by Crippen LogP contribution is -2.42. The van der Waals surface area contributed by atoms with Crippen molar-refractivity contribution in [3.8, 4) is 23.5 Å². The van der Waals surface area contributed by atoms with Crippen LogP contribution in [0.5, 0.6) is 23.5 Å². The van der Waals surface area contributed by atoms with Crippen LogP contribution in [0.15, 0.2) is 58.6 Å². The Morgan fingerprint density at radius 3 is 2.05 bits per heavy atom. The highest BCUT2D eigenvalue weighted by molar-refractivity contribution is 7.90. The van der Waals surface area contributed by atoms with Gasteiger partial charge in [0.1, 0.15) is 10.7 Å². The van der Waals surface area contributed by atoms with Gasteiger partial charge in [0, 0.05) is 13.2 Å². The van der Waals surface area contributed by atoms with Gasteiger partial charge in [-0.25, -0.2) is 37.2 Å². The van der Waals surface area contributed by atoms with Gasteiger partial charge in [-0.15, -0.1) is 0 Å². The van der Waals surface area contributed by atoms with Gasteiger partial charge in [-0.1, -0.05) is 12.1 Å². The Kier molecular flexibility index (Phi) is 14.5. The summed E-state index contributed by atoms with van der Waals surface area (Å²) in [5.41, 5.74) is -0.208. The highest BCUT2D eigenvalue weighted by Crippen LogP contribution is 2.24. The summed E-state index contributed by atoms with van der Waals surface area (Å²) >= 11 is 0. The fourth-order valence-corrected chi connectivity index (χ4v) is 5.97. The van der Waals surface area contributed by atoms with Crippen molar-refractivity contribution in [1.29, 1.82) is 0 Å². The van der Waals surface area contributed by atoms with E-state index in [2.05, 4.69) is 39.4 Å². The topological polar surface area (TPSA) is 282 Å². The molecule has 4 rings (SSSR count). The molecule has 0 radical (unpaired) electrons. The number of hydrogen-bond acceptors (Lipinski definition) is 18. The van der Waals surface area contributed by atoms with Crippen LogP contribution in [0.4, 0.5) is 34.7 Å². The Labute approximate surface area is 315 Å². The summed E-state index contributed by atoms with van der Waals surface area (Å²) in [7, 11) is -2.75. The zero-order valence-electron chi connectivity index (χ0n) is 29.8. The molecule has 0 spiro atoms. The molecule has 302 valence electrons. The largest absolute Gasteiger partial charge is 0.481 e. The van der Waals surface area contributed by atoms with Gasteiger partial charge in [0.15, 0.2) is 12.4 Å². The van der Waals surface area contributed by atoms with Gasteiger partial charge in [0.2, 0.25) is 28.7 Å². The first-order valence-electron chi connectivity index (χ1n) is 14.9. The standard InChI is InChI=1S/C15H17N5O6S.C14H14F3N5O6S/c1-9-16-13(18-14(17-9)26-4)20(2)15(22)19-27(23,24)11-8-6-5-7-10(11)12(21)25-3;1-26-9-6-10(27-2)20-12(19-9)21-13(23)22-29(24,25)11-8(4-3-5-18-11)28-7-14(15,16)17/h5-8H,1-4H3,(H,19,22);3-6H,7H2,1-2H3,(H2,19,20,21,22,23). The van der Waals surface area contributed by atoms with E-state index in [1.54, 1.807) is 11.6 Å². The molecule has 0 saturated carbocycles. The van der Waals surface area contributed by atoms with Crippen molar-refractivity contribution < 1.29 is 68.1 Å². The van der Waals surface area contributed by atoms with Gasteiger partial charge in [-0.3, -0.25) is 10.2 Å². The van der Waals surface area contributed by atoms with Gasteiger partial charge in [-0.05, 0) is 31.2 Å². The number of rotatable bonds is 12. The lowest BCUT2D eigenvalue weighted by atomic mass is 10.2. The number of aryl methyl sites for hydroxylation is 1. The summed E-state index contributed by atoms with van der Waals surface area (Å²) in [5, 5.41) is 1.12. The third-order valence-electron chi connectivity index (χ3n) is 6.24. The quantitative estimate of drug-likeness (QED) is 0.172. The highest BCUT2D eigenvalue weighted by atomic mass is 32.2. The lowest BCUT2D eigenvalue weighted by molar-refractivity contribution is -0.153. The number of esters is 1. The van der Waals surface area contributed by atoms with Gasteiger partial charge < -0.3 is 23.7 Å². The van der Waals surface area contributed by atoms with Gasteiger partial charge in [-0.2, -0.15) is 46.5 Å². The minimum Gasteiger partial charge on any atom is -0.481 e. The predicted octanol–water partition coefficient (Wildman–Crippen LogP) is 1.85. The van der Waals surface area contributed by atoms with E-state index in [0.717, 1.165) is 24.3 Å². The molecule has 3 heterocycles. The molecular formula is C29H31F3N10O12S2. The Morgan fingerprint density at radius 2 is 1.46 bits per heavy atom. The Balaban J connectivity index is 0.000000301. The number of halogens is 3. The van der Waals surface area contributed by atoms with Crippen LogP contribution in [-0.2, 0) is 24.8 Å². The third-order valence-corrected chi connectivity index (χ3v) is 8.89. The number of pyridine rings is 1. The molecule has 0 atom stereocenters. The molecule has 56 heavy (non-hydrogen) atoms. The number of nitrogens with one attached hydrogen (secondary N) is 3. The molecule has 0 aliphatic carbocycles. The van der Waals surface area contributed by atoms with E-state index in [4.69, 9.17) is 14.2 Å². The SMILES string of the molecule is COC(=O)c1ccccc1S(=O)(=O)NC(=O)N(C)c1nc(C)nc(OC)n1.COc1cc(OC)nc(NC(=O)NS(=O)(=O)c2ncccc2OCC(F)(F)F)n1. The molecule has 22 nitrogen and oxygen atoms in total. The molecule has 27 heteroatoms. The molecule has 0 aliphatic heterocycles. The van der Waals surface area contributed by atoms with E-state index < -0.39 is 66.5 Å². The molecule has 0 bridgehead atoms. The zero-order chi connectivity index (χ0) is 41.8. The van der Waals surface area contributed by atoms with Crippen molar-refractivity contribution in [3.05, 3.63) is 60.0 Å². The van der Waals surface area contributed by atoms with Crippen LogP contribution >= 0.6 is 0 Å². The number of aromatic nitrogens is 6. The molecule has 4 aromatic rings. The zero-order valence-corrected chi connectivity index (χ0v) is 31.4. The van der Waals surface area contributed by atoms with Crippen LogP contribution in [0.3, 0.4) is 0 Å². The van der Waals surface area contributed by atoms with Crippen LogP contribution in [0.2, 0.25) is 0 Å². The number of alkyl halides is 3. The number of amides is 4. The Bertz CT molecular complexity index is 2260. The monoisotopic (exact) mass is 832 g/mol. The van der Waals surface area contributed by atoms with Crippen molar-refractivity contribution in [3.63, 3.8) is 0 Å². The second-order valence-electron chi connectivity index (χ2n) is 10.2. The highest BCUT2D eigenvalue weighted by Gasteiger charge is 2.31. The average Bonchev–Trinajstić information content (AvgIpc) is 3.15. The predicted molar refractivity (Wildman–Crippen MR) is 183 cm³/mol. The minimum absolute atomic E-state index is 0.0163. The third kappa shape index (κ3) is 12.2.